The number of ether oxygens (including phenoxy) is 1. The quantitative estimate of drug-likeness (QED) is 0.725. The van der Waals surface area contributed by atoms with E-state index in [1.165, 1.54) is 0 Å². The fourth-order valence-electron chi connectivity index (χ4n) is 2.18. The minimum absolute atomic E-state index is 0.290. The molecule has 1 aromatic carbocycles. The van der Waals surface area contributed by atoms with Crippen molar-refractivity contribution in [3.63, 3.8) is 0 Å². The van der Waals surface area contributed by atoms with Crippen LogP contribution in [-0.2, 0) is 0 Å². The van der Waals surface area contributed by atoms with Gasteiger partial charge < -0.3 is 20.0 Å². The highest BCUT2D eigenvalue weighted by Gasteiger charge is 2.15. The molecule has 0 aliphatic rings. The Balaban J connectivity index is 2.32. The highest BCUT2D eigenvalue weighted by Crippen LogP contribution is 2.37. The van der Waals surface area contributed by atoms with Crippen LogP contribution in [-0.4, -0.2) is 17.3 Å². The smallest absolute Gasteiger partial charge is 0.222 e. The molecule has 0 atom stereocenters. The van der Waals surface area contributed by atoms with Crippen LogP contribution in [0.1, 0.15) is 5.56 Å². The van der Waals surface area contributed by atoms with Crippen molar-refractivity contribution in [2.24, 2.45) is 0 Å². The van der Waals surface area contributed by atoms with Crippen molar-refractivity contribution in [1.82, 2.24) is 10.1 Å². The van der Waals surface area contributed by atoms with Crippen molar-refractivity contribution >= 4 is 16.8 Å². The van der Waals surface area contributed by atoms with Crippen LogP contribution in [0.4, 0.5) is 5.88 Å². The summed E-state index contributed by atoms with van der Waals surface area (Å²) < 4.78 is 10.4. The Kier molecular flexibility index (Phi) is 2.26. The molecule has 0 bridgehead atoms. The number of aryl methyl sites for hydroxylation is 1. The summed E-state index contributed by atoms with van der Waals surface area (Å²) in [5.41, 5.74) is 9.25. The Morgan fingerprint density at radius 1 is 1.39 bits per heavy atom. The van der Waals surface area contributed by atoms with E-state index in [2.05, 4.69) is 10.1 Å². The van der Waals surface area contributed by atoms with Gasteiger partial charge in [-0.25, -0.2) is 0 Å². The Morgan fingerprint density at radius 3 is 2.89 bits per heavy atom. The lowest BCUT2D eigenvalue weighted by molar-refractivity contribution is 0.418. The minimum atomic E-state index is 0.290. The predicted molar refractivity (Wildman–Crippen MR) is 69.5 cm³/mol. The van der Waals surface area contributed by atoms with Gasteiger partial charge in [0.1, 0.15) is 11.4 Å². The fourth-order valence-corrected chi connectivity index (χ4v) is 2.18. The second-order valence-electron chi connectivity index (χ2n) is 4.16. The molecule has 0 aliphatic heterocycles. The van der Waals surface area contributed by atoms with Gasteiger partial charge in [0.25, 0.3) is 0 Å². The van der Waals surface area contributed by atoms with Crippen LogP contribution in [0.3, 0.4) is 0 Å². The number of aromatic nitrogens is 2. The van der Waals surface area contributed by atoms with Crippen molar-refractivity contribution in [3.05, 3.63) is 30.0 Å². The van der Waals surface area contributed by atoms with Gasteiger partial charge >= 0.3 is 0 Å². The largest absolute Gasteiger partial charge is 0.495 e. The van der Waals surface area contributed by atoms with Crippen molar-refractivity contribution < 1.29 is 9.26 Å². The first-order chi connectivity index (χ1) is 8.70. The van der Waals surface area contributed by atoms with Crippen molar-refractivity contribution in [3.8, 4) is 17.0 Å². The third-order valence-electron chi connectivity index (χ3n) is 3.00. The number of nitrogen functional groups attached to an aromatic ring is 1. The van der Waals surface area contributed by atoms with Crippen LogP contribution in [0.5, 0.6) is 5.75 Å². The molecule has 3 rings (SSSR count). The molecule has 0 saturated heterocycles. The Bertz CT molecular complexity index is 712. The van der Waals surface area contributed by atoms with Crippen LogP contribution in [0.15, 0.2) is 28.9 Å². The molecule has 0 fully saturated rings. The predicted octanol–water partition coefficient (Wildman–Crippen LogP) is 2.72. The van der Waals surface area contributed by atoms with Crippen molar-refractivity contribution in [2.45, 2.75) is 6.92 Å². The average Bonchev–Trinajstić information content (AvgIpc) is 2.95. The molecule has 5 nitrogen and oxygen atoms in total. The molecule has 3 aromatic rings. The van der Waals surface area contributed by atoms with Gasteiger partial charge in [0.05, 0.1) is 7.11 Å². The van der Waals surface area contributed by atoms with Gasteiger partial charge in [-0.1, -0.05) is 5.16 Å². The summed E-state index contributed by atoms with van der Waals surface area (Å²) in [4.78, 5) is 3.20. The highest BCUT2D eigenvalue weighted by molar-refractivity contribution is 5.95. The standard InChI is InChI=1S/C13H13N3O2/c1-7-6-15-9-4-3-8(13(17-2)12(7)9)10-5-11(14)18-16-10/h3-6,15H,14H2,1-2H3. The molecule has 0 spiro atoms. The number of fused-ring (bicyclic) bond motifs is 1. The van der Waals surface area contributed by atoms with Crippen LogP contribution >= 0.6 is 0 Å². The van der Waals surface area contributed by atoms with E-state index in [4.69, 9.17) is 15.0 Å². The molecule has 92 valence electrons. The topological polar surface area (TPSA) is 77.1 Å². The summed E-state index contributed by atoms with van der Waals surface area (Å²) in [7, 11) is 1.65. The van der Waals surface area contributed by atoms with Gasteiger partial charge in [-0.05, 0) is 24.6 Å². The van der Waals surface area contributed by atoms with Crippen LogP contribution in [0.2, 0.25) is 0 Å². The first-order valence-electron chi connectivity index (χ1n) is 5.58. The van der Waals surface area contributed by atoms with Gasteiger partial charge in [-0.15, -0.1) is 0 Å². The number of nitrogens with one attached hydrogen (secondary N) is 1. The first-order valence-corrected chi connectivity index (χ1v) is 5.58. The van der Waals surface area contributed by atoms with Gasteiger partial charge in [-0.2, -0.15) is 0 Å². The number of anilines is 1. The number of hydrogen-bond donors (Lipinski definition) is 2. The van der Waals surface area contributed by atoms with Gasteiger partial charge in [0.15, 0.2) is 0 Å². The summed E-state index contributed by atoms with van der Waals surface area (Å²) in [6, 6.07) is 5.62. The third kappa shape index (κ3) is 1.44. The lowest BCUT2D eigenvalue weighted by atomic mass is 10.1. The second kappa shape index (κ2) is 3.80. The molecule has 0 unspecified atom stereocenters. The summed E-state index contributed by atoms with van der Waals surface area (Å²) in [6.07, 6.45) is 1.95. The molecule has 0 saturated carbocycles. The molecule has 0 amide bonds. The average molecular weight is 243 g/mol. The molecule has 3 N–H and O–H groups in total. The Morgan fingerprint density at radius 2 is 2.22 bits per heavy atom. The molecule has 2 aromatic heterocycles. The summed E-state index contributed by atoms with van der Waals surface area (Å²) in [5.74, 6) is 1.07. The number of methoxy groups -OCH3 is 1. The normalized spacial score (nSPS) is 11.0. The summed E-state index contributed by atoms with van der Waals surface area (Å²) >= 11 is 0. The Hall–Kier alpha value is -2.43. The zero-order chi connectivity index (χ0) is 12.7. The van der Waals surface area contributed by atoms with Crippen LogP contribution in [0, 0.1) is 6.92 Å². The number of nitrogens with zero attached hydrogens (tertiary/aromatic N) is 1. The zero-order valence-electron chi connectivity index (χ0n) is 10.2. The Labute approximate surface area is 104 Å². The maximum Gasteiger partial charge on any atom is 0.222 e. The van der Waals surface area contributed by atoms with Crippen LogP contribution in [0.25, 0.3) is 22.2 Å². The molecular formula is C13H13N3O2. The van der Waals surface area contributed by atoms with E-state index in [-0.39, 0.29) is 5.88 Å². The van der Waals surface area contributed by atoms with E-state index in [1.54, 1.807) is 13.2 Å². The lowest BCUT2D eigenvalue weighted by Crippen LogP contribution is -1.90. The van der Waals surface area contributed by atoms with E-state index in [0.29, 0.717) is 5.69 Å². The van der Waals surface area contributed by atoms with Crippen molar-refractivity contribution in [1.29, 1.82) is 0 Å². The number of H-pyrrole nitrogens is 1. The van der Waals surface area contributed by atoms with Crippen LogP contribution < -0.4 is 10.5 Å². The van der Waals surface area contributed by atoms with E-state index in [9.17, 15) is 0 Å². The van der Waals surface area contributed by atoms with E-state index >= 15 is 0 Å². The number of rotatable bonds is 2. The van der Waals surface area contributed by atoms with Gasteiger partial charge in [0.2, 0.25) is 5.88 Å². The molecule has 5 heteroatoms. The fraction of sp³-hybridized carbons (Fsp3) is 0.154. The number of nitrogens with two attached hydrogens (primary N) is 1. The number of benzene rings is 1. The first kappa shape index (κ1) is 10.7. The van der Waals surface area contributed by atoms with E-state index < -0.39 is 0 Å². The lowest BCUT2D eigenvalue weighted by Gasteiger charge is -2.08. The molecular weight excluding hydrogens is 230 g/mol. The van der Waals surface area contributed by atoms with E-state index in [1.807, 2.05) is 25.3 Å². The minimum Gasteiger partial charge on any atom is -0.495 e. The molecule has 0 aliphatic carbocycles. The number of aromatic amines is 1. The van der Waals surface area contributed by atoms with Gasteiger partial charge in [-0.3, -0.25) is 0 Å². The summed E-state index contributed by atoms with van der Waals surface area (Å²) in [6.45, 7) is 2.03. The van der Waals surface area contributed by atoms with Crippen molar-refractivity contribution in [2.75, 3.05) is 12.8 Å². The molecule has 18 heavy (non-hydrogen) atoms. The number of hydrogen-bond acceptors (Lipinski definition) is 4. The van der Waals surface area contributed by atoms with Gasteiger partial charge in [0, 0.05) is 28.7 Å². The monoisotopic (exact) mass is 243 g/mol. The molecule has 2 heterocycles. The second-order valence-corrected chi connectivity index (χ2v) is 4.16. The maximum absolute atomic E-state index is 5.55. The summed E-state index contributed by atoms with van der Waals surface area (Å²) in [5, 5.41) is 4.98. The zero-order valence-corrected chi connectivity index (χ0v) is 10.2. The molecule has 0 radical (unpaired) electrons. The van der Waals surface area contributed by atoms with E-state index in [0.717, 1.165) is 27.8 Å². The third-order valence-corrected chi connectivity index (χ3v) is 3.00. The SMILES string of the molecule is COc1c(-c2cc(N)on2)ccc2[nH]cc(C)c12. The highest BCUT2D eigenvalue weighted by atomic mass is 16.5. The maximum atomic E-state index is 5.55.